The van der Waals surface area contributed by atoms with E-state index in [9.17, 15) is 19.8 Å². The molecule has 2 aliphatic carbocycles. The molecule has 0 heterocycles. The van der Waals surface area contributed by atoms with E-state index in [1.54, 1.807) is 0 Å². The first kappa shape index (κ1) is 15.8. The van der Waals surface area contributed by atoms with Gasteiger partial charge in [-0.1, -0.05) is 19.8 Å². The van der Waals surface area contributed by atoms with Gasteiger partial charge >= 0.3 is 0 Å². The van der Waals surface area contributed by atoms with Crippen LogP contribution < -0.4 is 0 Å². The smallest absolute Gasteiger partial charge is 0.162 e. The number of ketones is 2. The molecule has 0 radical (unpaired) electrons. The molecule has 0 fully saturated rings. The highest BCUT2D eigenvalue weighted by atomic mass is 16.3. The van der Waals surface area contributed by atoms with Crippen molar-refractivity contribution in [2.75, 3.05) is 0 Å². The van der Waals surface area contributed by atoms with Crippen molar-refractivity contribution in [2.45, 2.75) is 64.7 Å². The first-order valence-corrected chi connectivity index (χ1v) is 7.96. The Morgan fingerprint density at radius 2 is 1.38 bits per heavy atom. The Hall–Kier alpha value is -1.58. The van der Waals surface area contributed by atoms with Gasteiger partial charge in [0.05, 0.1) is 11.5 Å². The first-order chi connectivity index (χ1) is 10.1. The van der Waals surface area contributed by atoms with Crippen LogP contribution in [-0.2, 0) is 9.59 Å². The molecule has 2 aliphatic rings. The van der Waals surface area contributed by atoms with Crippen LogP contribution in [0.25, 0.3) is 0 Å². The molecular weight excluding hydrogens is 268 g/mol. The summed E-state index contributed by atoms with van der Waals surface area (Å²) in [6, 6.07) is 0. The lowest BCUT2D eigenvalue weighted by Gasteiger charge is -2.28. The molecule has 21 heavy (non-hydrogen) atoms. The summed E-state index contributed by atoms with van der Waals surface area (Å²) in [6.45, 7) is 2.05. The average Bonchev–Trinajstić information content (AvgIpc) is 2.43. The van der Waals surface area contributed by atoms with Crippen LogP contribution in [0.4, 0.5) is 0 Å². The Morgan fingerprint density at radius 3 is 1.76 bits per heavy atom. The summed E-state index contributed by atoms with van der Waals surface area (Å²) in [7, 11) is 0. The third-order valence-electron chi connectivity index (χ3n) is 4.40. The van der Waals surface area contributed by atoms with Crippen molar-refractivity contribution in [3.05, 3.63) is 22.7 Å². The van der Waals surface area contributed by atoms with Gasteiger partial charge in [0.2, 0.25) is 0 Å². The summed E-state index contributed by atoms with van der Waals surface area (Å²) < 4.78 is 0. The molecule has 2 N–H and O–H groups in total. The Kier molecular flexibility index (Phi) is 5.21. The number of hydrogen-bond acceptors (Lipinski definition) is 4. The fourth-order valence-corrected chi connectivity index (χ4v) is 3.33. The summed E-state index contributed by atoms with van der Waals surface area (Å²) in [6.07, 6.45) is 5.58. The van der Waals surface area contributed by atoms with Gasteiger partial charge in [-0.3, -0.25) is 9.59 Å². The van der Waals surface area contributed by atoms with Gasteiger partial charge in [0, 0.05) is 42.7 Å². The summed E-state index contributed by atoms with van der Waals surface area (Å²) in [5, 5.41) is 20.3. The second-order valence-corrected chi connectivity index (χ2v) is 5.97. The second kappa shape index (κ2) is 6.92. The van der Waals surface area contributed by atoms with Crippen molar-refractivity contribution in [2.24, 2.45) is 5.92 Å². The van der Waals surface area contributed by atoms with Crippen LogP contribution in [0.2, 0.25) is 0 Å². The Morgan fingerprint density at radius 1 is 0.905 bits per heavy atom. The minimum atomic E-state index is -0.425. The number of carbonyl (C=O) groups is 2. The van der Waals surface area contributed by atoms with E-state index >= 15 is 0 Å². The topological polar surface area (TPSA) is 74.6 Å². The highest BCUT2D eigenvalue weighted by Gasteiger charge is 2.35. The maximum Gasteiger partial charge on any atom is 0.162 e. The number of aliphatic hydroxyl groups is 2. The molecule has 116 valence electrons. The third kappa shape index (κ3) is 3.36. The summed E-state index contributed by atoms with van der Waals surface area (Å²) >= 11 is 0. The summed E-state index contributed by atoms with van der Waals surface area (Å²) in [4.78, 5) is 24.5. The van der Waals surface area contributed by atoms with Gasteiger partial charge in [0.15, 0.2) is 11.6 Å². The van der Waals surface area contributed by atoms with Gasteiger partial charge < -0.3 is 10.2 Å². The minimum Gasteiger partial charge on any atom is -0.512 e. The largest absolute Gasteiger partial charge is 0.512 e. The monoisotopic (exact) mass is 292 g/mol. The van der Waals surface area contributed by atoms with Gasteiger partial charge in [0.25, 0.3) is 0 Å². The maximum absolute atomic E-state index is 12.2. The molecule has 0 spiro atoms. The first-order valence-electron chi connectivity index (χ1n) is 7.96. The third-order valence-corrected chi connectivity index (χ3v) is 4.40. The zero-order chi connectivity index (χ0) is 15.4. The molecule has 0 aliphatic heterocycles. The number of carbonyl (C=O) groups excluding carboxylic acids is 2. The van der Waals surface area contributed by atoms with Crippen LogP contribution in [0.1, 0.15) is 64.7 Å². The lowest BCUT2D eigenvalue weighted by atomic mass is 9.75. The molecule has 2 rings (SSSR count). The van der Waals surface area contributed by atoms with Crippen LogP contribution in [0.3, 0.4) is 0 Å². The van der Waals surface area contributed by atoms with Gasteiger partial charge in [-0.25, -0.2) is 0 Å². The molecule has 4 heteroatoms. The van der Waals surface area contributed by atoms with E-state index in [-0.39, 0.29) is 23.1 Å². The number of unbranched alkanes of at least 4 members (excludes halogenated alkanes) is 1. The second-order valence-electron chi connectivity index (χ2n) is 5.97. The van der Waals surface area contributed by atoms with E-state index in [1.165, 1.54) is 0 Å². The highest BCUT2D eigenvalue weighted by Crippen LogP contribution is 2.38. The van der Waals surface area contributed by atoms with Gasteiger partial charge in [-0.2, -0.15) is 0 Å². The lowest BCUT2D eigenvalue weighted by molar-refractivity contribution is -0.117. The van der Waals surface area contributed by atoms with Crippen LogP contribution >= 0.6 is 0 Å². The molecular formula is C17H24O4. The van der Waals surface area contributed by atoms with Crippen molar-refractivity contribution < 1.29 is 19.8 Å². The minimum absolute atomic E-state index is 0.0708. The summed E-state index contributed by atoms with van der Waals surface area (Å²) in [5.41, 5.74) is 0.762. The lowest BCUT2D eigenvalue weighted by Crippen LogP contribution is -2.27. The van der Waals surface area contributed by atoms with Crippen LogP contribution in [-0.4, -0.2) is 21.8 Å². The van der Waals surface area contributed by atoms with E-state index in [0.29, 0.717) is 56.1 Å². The van der Waals surface area contributed by atoms with Crippen molar-refractivity contribution >= 4 is 11.6 Å². The number of aliphatic hydroxyl groups excluding tert-OH is 2. The predicted molar refractivity (Wildman–Crippen MR) is 80.0 cm³/mol. The number of rotatable bonds is 5. The van der Waals surface area contributed by atoms with E-state index in [0.717, 1.165) is 12.8 Å². The van der Waals surface area contributed by atoms with Crippen molar-refractivity contribution in [3.63, 3.8) is 0 Å². The van der Waals surface area contributed by atoms with E-state index < -0.39 is 5.92 Å². The van der Waals surface area contributed by atoms with Crippen molar-refractivity contribution in [1.82, 2.24) is 0 Å². The SMILES string of the molecule is CCCCC(C1=C(O)CCCC1=O)C1=C(O)CCCC1=O. The number of hydrogen-bond donors (Lipinski definition) is 2. The molecule has 0 aromatic carbocycles. The van der Waals surface area contributed by atoms with Crippen LogP contribution in [0, 0.1) is 5.92 Å². The molecule has 0 bridgehead atoms. The molecule has 0 unspecified atom stereocenters. The number of Topliss-reactive ketones (excluding diaryl/α,β-unsaturated/α-hetero) is 2. The predicted octanol–water partition coefficient (Wildman–Crippen LogP) is 3.92. The number of allylic oxidation sites excluding steroid dienone is 4. The molecule has 0 saturated carbocycles. The average molecular weight is 292 g/mol. The molecule has 0 aromatic rings. The van der Waals surface area contributed by atoms with Gasteiger partial charge in [-0.05, 0) is 19.3 Å². The normalized spacial score (nSPS) is 20.7. The van der Waals surface area contributed by atoms with Gasteiger partial charge in [-0.15, -0.1) is 0 Å². The van der Waals surface area contributed by atoms with E-state index in [1.807, 2.05) is 6.92 Å². The highest BCUT2D eigenvalue weighted by molar-refractivity contribution is 6.03. The molecule has 0 aromatic heterocycles. The standard InChI is InChI=1S/C17H24O4/c1-2-3-6-11(16-12(18)7-4-8-13(16)19)17-14(20)9-5-10-15(17)21/h11,18,20H,2-10H2,1H3. The van der Waals surface area contributed by atoms with Crippen LogP contribution in [0.15, 0.2) is 22.7 Å². The molecule has 0 atom stereocenters. The van der Waals surface area contributed by atoms with E-state index in [4.69, 9.17) is 0 Å². The van der Waals surface area contributed by atoms with Crippen LogP contribution in [0.5, 0.6) is 0 Å². The summed E-state index contributed by atoms with van der Waals surface area (Å²) in [5.74, 6) is -0.334. The molecule has 4 nitrogen and oxygen atoms in total. The zero-order valence-electron chi connectivity index (χ0n) is 12.7. The Bertz CT molecular complexity index is 457. The quantitative estimate of drug-likeness (QED) is 0.805. The van der Waals surface area contributed by atoms with Gasteiger partial charge in [0.1, 0.15) is 0 Å². The zero-order valence-corrected chi connectivity index (χ0v) is 12.7. The molecule has 0 amide bonds. The van der Waals surface area contributed by atoms with Crippen molar-refractivity contribution in [3.8, 4) is 0 Å². The fourth-order valence-electron chi connectivity index (χ4n) is 3.33. The van der Waals surface area contributed by atoms with E-state index in [2.05, 4.69) is 0 Å². The Labute approximate surface area is 125 Å². The fraction of sp³-hybridized carbons (Fsp3) is 0.647. The van der Waals surface area contributed by atoms with Crippen molar-refractivity contribution in [1.29, 1.82) is 0 Å². The molecule has 0 saturated heterocycles. The maximum atomic E-state index is 12.2. The Balaban J connectivity index is 2.43.